The molecule has 3 rings (SSSR count). The summed E-state index contributed by atoms with van der Waals surface area (Å²) in [6.45, 7) is 2.99. The maximum atomic E-state index is 12.7. The van der Waals surface area contributed by atoms with E-state index in [9.17, 15) is 21.6 Å². The Bertz CT molecular complexity index is 1090. The van der Waals surface area contributed by atoms with E-state index in [2.05, 4.69) is 10.0 Å². The molecule has 1 amide bonds. The predicted octanol–water partition coefficient (Wildman–Crippen LogP) is 1.86. The van der Waals surface area contributed by atoms with E-state index in [1.165, 1.54) is 24.3 Å². The molecule has 0 unspecified atom stereocenters. The molecular weight excluding hydrogens is 438 g/mol. The number of sulfonamides is 1. The van der Waals surface area contributed by atoms with E-state index in [1.807, 2.05) is 35.2 Å². The van der Waals surface area contributed by atoms with Crippen LogP contribution in [-0.2, 0) is 24.7 Å². The van der Waals surface area contributed by atoms with Gasteiger partial charge in [-0.1, -0.05) is 25.1 Å². The highest BCUT2D eigenvalue weighted by Crippen LogP contribution is 2.18. The van der Waals surface area contributed by atoms with Crippen LogP contribution in [0, 0.1) is 0 Å². The van der Waals surface area contributed by atoms with Crippen LogP contribution in [0.3, 0.4) is 0 Å². The topological polar surface area (TPSA) is 113 Å². The Kier molecular flexibility index (Phi) is 7.47. The lowest BCUT2D eigenvalue weighted by Gasteiger charge is -2.31. The van der Waals surface area contributed by atoms with Crippen molar-refractivity contribution < 1.29 is 21.6 Å². The highest BCUT2D eigenvalue weighted by molar-refractivity contribution is 7.91. The van der Waals surface area contributed by atoms with Gasteiger partial charge in [-0.15, -0.1) is 0 Å². The molecular formula is C21H27N3O5S2. The largest absolute Gasteiger partial charge is 0.325 e. The number of hydrogen-bond acceptors (Lipinski definition) is 6. The Morgan fingerprint density at radius 1 is 0.935 bits per heavy atom. The van der Waals surface area contributed by atoms with Crippen LogP contribution >= 0.6 is 0 Å². The minimum Gasteiger partial charge on any atom is -0.325 e. The first kappa shape index (κ1) is 23.4. The fourth-order valence-corrected chi connectivity index (χ4v) is 5.60. The number of hydrogen-bond donors (Lipinski definition) is 2. The third-order valence-corrected chi connectivity index (χ3v) is 8.49. The number of piperidine rings is 1. The maximum absolute atomic E-state index is 12.7. The quantitative estimate of drug-likeness (QED) is 0.615. The molecule has 0 aromatic heterocycles. The molecule has 10 heteroatoms. The fraction of sp³-hybridized carbons (Fsp3) is 0.381. The molecule has 2 aromatic rings. The molecule has 2 N–H and O–H groups in total. The lowest BCUT2D eigenvalue weighted by Crippen LogP contribution is -2.46. The first-order valence-electron chi connectivity index (χ1n) is 10.1. The van der Waals surface area contributed by atoms with Crippen molar-refractivity contribution in [2.45, 2.75) is 35.6 Å². The number of likely N-dealkylation sites (tertiary alicyclic amines) is 1. The van der Waals surface area contributed by atoms with Crippen molar-refractivity contribution in [2.75, 3.05) is 30.7 Å². The smallest absolute Gasteiger partial charge is 0.240 e. The van der Waals surface area contributed by atoms with E-state index in [-0.39, 0.29) is 34.0 Å². The molecule has 0 saturated carbocycles. The van der Waals surface area contributed by atoms with Crippen LogP contribution in [0.15, 0.2) is 64.4 Å². The van der Waals surface area contributed by atoms with Gasteiger partial charge in [-0.2, -0.15) is 0 Å². The van der Waals surface area contributed by atoms with Crippen LogP contribution in [-0.4, -0.2) is 59.1 Å². The fourth-order valence-electron chi connectivity index (χ4n) is 3.41. The lowest BCUT2D eigenvalue weighted by atomic mass is 10.1. The van der Waals surface area contributed by atoms with Crippen LogP contribution in [0.25, 0.3) is 0 Å². The number of amides is 1. The third kappa shape index (κ3) is 6.36. The average Bonchev–Trinajstić information content (AvgIpc) is 2.75. The van der Waals surface area contributed by atoms with Gasteiger partial charge in [0.15, 0.2) is 9.84 Å². The van der Waals surface area contributed by atoms with Crippen molar-refractivity contribution in [3.05, 3.63) is 54.6 Å². The lowest BCUT2D eigenvalue weighted by molar-refractivity contribution is -0.117. The molecule has 2 aromatic carbocycles. The predicted molar refractivity (Wildman–Crippen MR) is 119 cm³/mol. The van der Waals surface area contributed by atoms with Gasteiger partial charge in [-0.3, -0.25) is 9.69 Å². The molecule has 1 heterocycles. The van der Waals surface area contributed by atoms with E-state index in [0.717, 1.165) is 5.69 Å². The Hall–Kier alpha value is -2.27. The van der Waals surface area contributed by atoms with Crippen molar-refractivity contribution in [1.29, 1.82) is 0 Å². The third-order valence-electron chi connectivity index (χ3n) is 5.21. The van der Waals surface area contributed by atoms with Crippen LogP contribution in [0.5, 0.6) is 0 Å². The summed E-state index contributed by atoms with van der Waals surface area (Å²) in [7, 11) is -7.13. The van der Waals surface area contributed by atoms with Crippen molar-refractivity contribution >= 4 is 31.5 Å². The summed E-state index contributed by atoms with van der Waals surface area (Å²) in [6, 6.07) is 14.3. The van der Waals surface area contributed by atoms with E-state index in [1.54, 1.807) is 6.92 Å². The number of nitrogens with one attached hydrogen (secondary N) is 2. The minimum absolute atomic E-state index is 0.0345. The Morgan fingerprint density at radius 3 is 2.10 bits per heavy atom. The summed E-state index contributed by atoms with van der Waals surface area (Å²) in [5.41, 5.74) is 0.743. The highest BCUT2D eigenvalue weighted by Gasteiger charge is 2.26. The van der Waals surface area contributed by atoms with Crippen LogP contribution < -0.4 is 10.0 Å². The molecule has 0 atom stereocenters. The van der Waals surface area contributed by atoms with Gasteiger partial charge >= 0.3 is 0 Å². The Balaban J connectivity index is 1.51. The molecule has 8 nitrogen and oxygen atoms in total. The molecule has 1 saturated heterocycles. The van der Waals surface area contributed by atoms with Crippen molar-refractivity contribution in [3.63, 3.8) is 0 Å². The first-order valence-corrected chi connectivity index (χ1v) is 13.3. The van der Waals surface area contributed by atoms with Gasteiger partial charge in [-0.25, -0.2) is 21.6 Å². The van der Waals surface area contributed by atoms with Gasteiger partial charge in [0.1, 0.15) is 0 Å². The second-order valence-corrected chi connectivity index (χ2v) is 11.5. The number of para-hydroxylation sites is 1. The molecule has 1 aliphatic heterocycles. The number of carbonyl (C=O) groups excluding carboxylic acids is 1. The zero-order valence-electron chi connectivity index (χ0n) is 17.3. The molecule has 0 spiro atoms. The van der Waals surface area contributed by atoms with E-state index < -0.39 is 19.9 Å². The normalized spacial score (nSPS) is 16.2. The van der Waals surface area contributed by atoms with Crippen LogP contribution in [0.4, 0.5) is 5.69 Å². The number of rotatable bonds is 8. The van der Waals surface area contributed by atoms with Crippen molar-refractivity contribution in [3.8, 4) is 0 Å². The molecule has 168 valence electrons. The second-order valence-electron chi connectivity index (χ2n) is 7.46. The van der Waals surface area contributed by atoms with Crippen LogP contribution in [0.1, 0.15) is 19.8 Å². The Morgan fingerprint density at radius 2 is 1.52 bits per heavy atom. The number of sulfone groups is 1. The van der Waals surface area contributed by atoms with Crippen molar-refractivity contribution in [2.24, 2.45) is 0 Å². The standard InChI is InChI=1S/C21H27N3O5S2/c1-2-30(26,27)19-8-10-20(11-9-19)31(28,29)23-18-12-14-24(15-13-18)16-21(25)22-17-6-4-3-5-7-17/h3-11,18,23H,2,12-16H2,1H3,(H,22,25). The van der Waals surface area contributed by atoms with E-state index in [0.29, 0.717) is 25.9 Å². The zero-order chi connectivity index (χ0) is 22.5. The summed E-state index contributed by atoms with van der Waals surface area (Å²) in [5, 5.41) is 2.84. The summed E-state index contributed by atoms with van der Waals surface area (Å²) >= 11 is 0. The minimum atomic E-state index is -3.75. The Labute approximate surface area is 183 Å². The molecule has 0 radical (unpaired) electrons. The summed E-state index contributed by atoms with van der Waals surface area (Å²) in [5.74, 6) is -0.147. The van der Waals surface area contributed by atoms with E-state index >= 15 is 0 Å². The zero-order valence-corrected chi connectivity index (χ0v) is 19.0. The molecule has 0 aliphatic carbocycles. The molecule has 31 heavy (non-hydrogen) atoms. The second kappa shape index (κ2) is 9.90. The van der Waals surface area contributed by atoms with E-state index in [4.69, 9.17) is 0 Å². The summed E-state index contributed by atoms with van der Waals surface area (Å²) < 4.78 is 51.8. The van der Waals surface area contributed by atoms with Crippen molar-refractivity contribution in [1.82, 2.24) is 9.62 Å². The maximum Gasteiger partial charge on any atom is 0.240 e. The van der Waals surface area contributed by atoms with Gasteiger partial charge in [0.25, 0.3) is 0 Å². The SMILES string of the molecule is CCS(=O)(=O)c1ccc(S(=O)(=O)NC2CCN(CC(=O)Nc3ccccc3)CC2)cc1. The molecule has 1 aliphatic rings. The van der Waals surface area contributed by atoms with Gasteiger partial charge in [-0.05, 0) is 49.2 Å². The summed E-state index contributed by atoms with van der Waals surface area (Å²) in [4.78, 5) is 14.3. The number of carbonyl (C=O) groups is 1. The van der Waals surface area contributed by atoms with Gasteiger partial charge < -0.3 is 5.32 Å². The monoisotopic (exact) mass is 465 g/mol. The van der Waals surface area contributed by atoms with Gasteiger partial charge in [0.05, 0.1) is 22.1 Å². The molecule has 1 fully saturated rings. The molecule has 0 bridgehead atoms. The van der Waals surface area contributed by atoms with Crippen LogP contribution in [0.2, 0.25) is 0 Å². The van der Waals surface area contributed by atoms with Gasteiger partial charge in [0.2, 0.25) is 15.9 Å². The van der Waals surface area contributed by atoms with Gasteiger partial charge in [0, 0.05) is 24.8 Å². The first-order chi connectivity index (χ1) is 14.7. The number of anilines is 1. The summed E-state index contributed by atoms with van der Waals surface area (Å²) in [6.07, 6.45) is 1.17. The average molecular weight is 466 g/mol. The number of nitrogens with zero attached hydrogens (tertiary/aromatic N) is 1. The number of benzene rings is 2. The highest BCUT2D eigenvalue weighted by atomic mass is 32.2.